The highest BCUT2D eigenvalue weighted by Gasteiger charge is 2.31. The molecule has 0 radical (unpaired) electrons. The third-order valence-corrected chi connectivity index (χ3v) is 5.54. The number of rotatable bonds is 5. The summed E-state index contributed by atoms with van der Waals surface area (Å²) in [6.07, 6.45) is -3.08. The Balaban J connectivity index is 1.48. The van der Waals surface area contributed by atoms with Crippen molar-refractivity contribution in [2.24, 2.45) is 12.1 Å². The van der Waals surface area contributed by atoms with Gasteiger partial charge in [-0.05, 0) is 79.2 Å². The number of para-hydroxylation sites is 1. The van der Waals surface area contributed by atoms with Gasteiger partial charge in [-0.2, -0.15) is 5.10 Å². The summed E-state index contributed by atoms with van der Waals surface area (Å²) in [4.78, 5) is 4.61. The van der Waals surface area contributed by atoms with E-state index in [1.807, 2.05) is 61.9 Å². The number of aryl methyl sites for hydroxylation is 3. The lowest BCUT2D eigenvalue weighted by Crippen LogP contribution is -2.24. The summed E-state index contributed by atoms with van der Waals surface area (Å²) in [5.41, 5.74) is 9.01. The Morgan fingerprint density at radius 3 is 2.40 bits per heavy atom. The van der Waals surface area contributed by atoms with E-state index in [-0.39, 0.29) is 5.75 Å². The van der Waals surface area contributed by atoms with Crippen LogP contribution in [0.2, 0.25) is 0 Å². The van der Waals surface area contributed by atoms with Gasteiger partial charge in [0, 0.05) is 18.3 Å². The standard InChI is InChI=1S/C25H22F3N5OS/c1-15-5-4-6-16(2)22(15)31-24(35)32-29-14-17-7-12-20-21(13-17)33(3)23(30-20)18-8-10-19(11-9-18)34-25(26,27)28/h4-14H,1-3H3,(H2,31,32,35)/b29-14+. The molecule has 0 saturated carbocycles. The molecular weight excluding hydrogens is 475 g/mol. The van der Waals surface area contributed by atoms with Crippen LogP contribution < -0.4 is 15.5 Å². The van der Waals surface area contributed by atoms with Gasteiger partial charge in [-0.25, -0.2) is 4.98 Å². The number of ether oxygens (including phenoxy) is 1. The van der Waals surface area contributed by atoms with Crippen LogP contribution in [0.3, 0.4) is 0 Å². The Kier molecular flexibility index (Phi) is 6.74. The van der Waals surface area contributed by atoms with Crippen LogP contribution >= 0.6 is 12.2 Å². The molecule has 0 aliphatic carbocycles. The van der Waals surface area contributed by atoms with Crippen LogP contribution in [0.25, 0.3) is 22.4 Å². The van der Waals surface area contributed by atoms with Crippen molar-refractivity contribution in [3.05, 3.63) is 77.4 Å². The van der Waals surface area contributed by atoms with E-state index in [0.29, 0.717) is 16.5 Å². The first-order valence-electron chi connectivity index (χ1n) is 10.6. The van der Waals surface area contributed by atoms with Crippen LogP contribution in [-0.4, -0.2) is 27.2 Å². The van der Waals surface area contributed by atoms with Crippen LogP contribution in [0.15, 0.2) is 65.8 Å². The molecule has 4 aromatic rings. The molecule has 4 rings (SSSR count). The lowest BCUT2D eigenvalue weighted by Gasteiger charge is -2.12. The molecule has 0 bridgehead atoms. The molecular formula is C25H22F3N5OS. The molecule has 0 unspecified atom stereocenters. The van der Waals surface area contributed by atoms with E-state index in [9.17, 15) is 13.2 Å². The van der Waals surface area contributed by atoms with Crippen molar-refractivity contribution in [2.45, 2.75) is 20.2 Å². The fraction of sp³-hybridized carbons (Fsp3) is 0.160. The van der Waals surface area contributed by atoms with E-state index >= 15 is 0 Å². The molecule has 0 saturated heterocycles. The van der Waals surface area contributed by atoms with E-state index in [1.54, 1.807) is 18.3 Å². The molecule has 0 atom stereocenters. The number of nitrogens with zero attached hydrogens (tertiary/aromatic N) is 3. The smallest absolute Gasteiger partial charge is 0.406 e. The maximum Gasteiger partial charge on any atom is 0.573 e. The number of nitrogens with one attached hydrogen (secondary N) is 2. The number of fused-ring (bicyclic) bond motifs is 1. The van der Waals surface area contributed by atoms with E-state index in [4.69, 9.17) is 12.2 Å². The van der Waals surface area contributed by atoms with Gasteiger partial charge in [-0.3, -0.25) is 5.43 Å². The Bertz CT molecular complexity index is 1390. The fourth-order valence-electron chi connectivity index (χ4n) is 3.67. The number of imidazole rings is 1. The summed E-state index contributed by atoms with van der Waals surface area (Å²) < 4.78 is 43.0. The number of anilines is 1. The van der Waals surface area contributed by atoms with E-state index in [1.165, 1.54) is 12.1 Å². The van der Waals surface area contributed by atoms with Gasteiger partial charge in [0.1, 0.15) is 11.6 Å². The summed E-state index contributed by atoms with van der Waals surface area (Å²) in [6.45, 7) is 4.01. The second-order valence-corrected chi connectivity index (χ2v) is 8.31. The van der Waals surface area contributed by atoms with Gasteiger partial charge < -0.3 is 14.6 Å². The monoisotopic (exact) mass is 497 g/mol. The predicted octanol–water partition coefficient (Wildman–Crippen LogP) is 6.08. The number of aromatic nitrogens is 2. The lowest BCUT2D eigenvalue weighted by atomic mass is 10.1. The first-order chi connectivity index (χ1) is 16.6. The maximum absolute atomic E-state index is 12.4. The van der Waals surface area contributed by atoms with Crippen molar-refractivity contribution in [1.29, 1.82) is 0 Å². The molecule has 35 heavy (non-hydrogen) atoms. The van der Waals surface area contributed by atoms with Crippen molar-refractivity contribution in [3.63, 3.8) is 0 Å². The second-order valence-electron chi connectivity index (χ2n) is 7.91. The average Bonchev–Trinajstić information content (AvgIpc) is 3.12. The Labute approximate surface area is 205 Å². The molecule has 1 heterocycles. The summed E-state index contributed by atoms with van der Waals surface area (Å²) in [5, 5.41) is 7.76. The minimum absolute atomic E-state index is 0.281. The molecule has 0 spiro atoms. The molecule has 1 aromatic heterocycles. The van der Waals surface area contributed by atoms with Crippen molar-refractivity contribution < 1.29 is 17.9 Å². The molecule has 0 aliphatic heterocycles. The van der Waals surface area contributed by atoms with Crippen molar-refractivity contribution in [1.82, 2.24) is 15.0 Å². The lowest BCUT2D eigenvalue weighted by molar-refractivity contribution is -0.274. The highest BCUT2D eigenvalue weighted by molar-refractivity contribution is 7.80. The highest BCUT2D eigenvalue weighted by atomic mass is 32.1. The van der Waals surface area contributed by atoms with E-state index in [2.05, 4.69) is 25.6 Å². The Morgan fingerprint density at radius 1 is 1.06 bits per heavy atom. The fourth-order valence-corrected chi connectivity index (χ4v) is 3.82. The third-order valence-electron chi connectivity index (χ3n) is 5.35. The Hall–Kier alpha value is -3.92. The molecule has 0 fully saturated rings. The predicted molar refractivity (Wildman–Crippen MR) is 136 cm³/mol. The largest absolute Gasteiger partial charge is 0.573 e. The summed E-state index contributed by atoms with van der Waals surface area (Å²) in [7, 11) is 1.84. The minimum atomic E-state index is -4.73. The number of hydrogen-bond acceptors (Lipinski definition) is 4. The molecule has 6 nitrogen and oxygen atoms in total. The molecule has 10 heteroatoms. The van der Waals surface area contributed by atoms with Crippen LogP contribution in [-0.2, 0) is 7.05 Å². The zero-order valence-corrected chi connectivity index (χ0v) is 20.0. The second kappa shape index (κ2) is 9.75. The number of halogens is 3. The number of alkyl halides is 3. The number of benzene rings is 3. The number of hydrogen-bond donors (Lipinski definition) is 2. The first-order valence-corrected chi connectivity index (χ1v) is 11.0. The maximum atomic E-state index is 12.4. The average molecular weight is 498 g/mol. The van der Waals surface area contributed by atoms with Crippen LogP contribution in [0.1, 0.15) is 16.7 Å². The van der Waals surface area contributed by atoms with Crippen LogP contribution in [0, 0.1) is 13.8 Å². The molecule has 2 N–H and O–H groups in total. The quantitative estimate of drug-likeness (QED) is 0.199. The highest BCUT2D eigenvalue weighted by Crippen LogP contribution is 2.28. The van der Waals surface area contributed by atoms with Gasteiger partial charge in [0.25, 0.3) is 0 Å². The SMILES string of the molecule is Cc1cccc(C)c1NC(=S)N/N=C/c1ccc2nc(-c3ccc(OC(F)(F)F)cc3)n(C)c2c1. The number of thiocarbonyl (C=S) groups is 1. The van der Waals surface area contributed by atoms with Gasteiger partial charge in [0.15, 0.2) is 5.11 Å². The molecule has 180 valence electrons. The van der Waals surface area contributed by atoms with E-state index in [0.717, 1.165) is 33.4 Å². The summed E-state index contributed by atoms with van der Waals surface area (Å²) in [5.74, 6) is 0.334. The molecule has 0 aliphatic rings. The van der Waals surface area contributed by atoms with Gasteiger partial charge in [-0.15, -0.1) is 13.2 Å². The topological polar surface area (TPSA) is 63.5 Å². The molecule has 3 aromatic carbocycles. The van der Waals surface area contributed by atoms with Crippen molar-refractivity contribution in [3.8, 4) is 17.1 Å². The Morgan fingerprint density at radius 2 is 1.74 bits per heavy atom. The summed E-state index contributed by atoms with van der Waals surface area (Å²) in [6, 6.07) is 17.2. The van der Waals surface area contributed by atoms with Crippen molar-refractivity contribution >= 4 is 40.3 Å². The molecule has 0 amide bonds. The van der Waals surface area contributed by atoms with Gasteiger partial charge >= 0.3 is 6.36 Å². The van der Waals surface area contributed by atoms with Crippen LogP contribution in [0.5, 0.6) is 5.75 Å². The zero-order valence-electron chi connectivity index (χ0n) is 19.1. The van der Waals surface area contributed by atoms with Gasteiger partial charge in [0.2, 0.25) is 0 Å². The minimum Gasteiger partial charge on any atom is -0.406 e. The number of hydrazone groups is 1. The van der Waals surface area contributed by atoms with E-state index < -0.39 is 6.36 Å². The normalized spacial score (nSPS) is 11.7. The van der Waals surface area contributed by atoms with Gasteiger partial charge in [-0.1, -0.05) is 24.3 Å². The van der Waals surface area contributed by atoms with Crippen molar-refractivity contribution in [2.75, 3.05) is 5.32 Å². The zero-order chi connectivity index (χ0) is 25.2. The summed E-state index contributed by atoms with van der Waals surface area (Å²) >= 11 is 5.34. The van der Waals surface area contributed by atoms with Crippen LogP contribution in [0.4, 0.5) is 18.9 Å². The van der Waals surface area contributed by atoms with Gasteiger partial charge in [0.05, 0.1) is 17.2 Å². The first kappa shape index (κ1) is 24.2. The third kappa shape index (κ3) is 5.78.